The van der Waals surface area contributed by atoms with E-state index in [1.54, 1.807) is 0 Å². The average Bonchev–Trinajstić information content (AvgIpc) is 2.53. The van der Waals surface area contributed by atoms with E-state index in [1.165, 1.54) is 0 Å². The zero-order valence-electron chi connectivity index (χ0n) is 12.1. The fraction of sp³-hybridized carbons (Fsp3) is 0.625. The summed E-state index contributed by atoms with van der Waals surface area (Å²) in [4.78, 5) is 0. The molecule has 0 aliphatic carbocycles. The fourth-order valence-corrected chi connectivity index (χ4v) is 2.93. The predicted octanol–water partition coefficient (Wildman–Crippen LogP) is 4.05. The molecule has 0 atom stereocenters. The highest BCUT2D eigenvalue weighted by molar-refractivity contribution is 9.09. The normalized spacial score (nSPS) is 17.7. The molecule has 1 aromatic carbocycles. The topological polar surface area (TPSA) is 27.7 Å². The van der Waals surface area contributed by atoms with Gasteiger partial charge in [0, 0.05) is 24.0 Å². The van der Waals surface area contributed by atoms with Gasteiger partial charge in [-0.05, 0) is 43.5 Å². The summed E-state index contributed by atoms with van der Waals surface area (Å²) in [6.07, 6.45) is 3.12. The molecule has 1 heterocycles. The van der Waals surface area contributed by atoms with Crippen LogP contribution in [0.3, 0.4) is 0 Å². The molecular weight excluding hydrogens is 320 g/mol. The van der Waals surface area contributed by atoms with Crippen molar-refractivity contribution in [3.63, 3.8) is 0 Å². The predicted molar refractivity (Wildman–Crippen MR) is 84.0 cm³/mol. The lowest BCUT2D eigenvalue weighted by Crippen LogP contribution is -2.36. The molecule has 0 N–H and O–H groups in total. The van der Waals surface area contributed by atoms with Crippen LogP contribution >= 0.6 is 15.9 Å². The van der Waals surface area contributed by atoms with Gasteiger partial charge in [-0.3, -0.25) is 0 Å². The largest absolute Gasteiger partial charge is 0.494 e. The summed E-state index contributed by atoms with van der Waals surface area (Å²) in [7, 11) is 0. The first-order valence-corrected chi connectivity index (χ1v) is 8.39. The quantitative estimate of drug-likeness (QED) is 0.699. The summed E-state index contributed by atoms with van der Waals surface area (Å²) in [5.74, 6) is 1.81. The molecule has 0 radical (unpaired) electrons. The summed E-state index contributed by atoms with van der Waals surface area (Å²) in [5.41, 5.74) is 0.204. The van der Waals surface area contributed by atoms with E-state index in [2.05, 4.69) is 22.9 Å². The van der Waals surface area contributed by atoms with Crippen LogP contribution < -0.4 is 9.47 Å². The standard InChI is InChI=1S/C16H23BrO3/c1-2-9-19-14-3-5-15(6-4-14)20-13-16(12-17)7-10-18-11-8-16/h3-6H,2,7-13H2,1H3. The molecule has 1 aliphatic heterocycles. The molecule has 0 unspecified atom stereocenters. The van der Waals surface area contributed by atoms with E-state index in [0.717, 1.165) is 62.5 Å². The third-order valence-electron chi connectivity index (χ3n) is 3.68. The summed E-state index contributed by atoms with van der Waals surface area (Å²) in [5, 5.41) is 0.959. The van der Waals surface area contributed by atoms with E-state index in [0.29, 0.717) is 0 Å². The van der Waals surface area contributed by atoms with Crippen LogP contribution in [0.1, 0.15) is 26.2 Å². The molecule has 1 saturated heterocycles. The Kier molecular flexibility index (Phi) is 6.17. The van der Waals surface area contributed by atoms with Crippen LogP contribution in [0.2, 0.25) is 0 Å². The summed E-state index contributed by atoms with van der Waals surface area (Å²) < 4.78 is 17.0. The van der Waals surface area contributed by atoms with Crippen molar-refractivity contribution in [2.24, 2.45) is 5.41 Å². The molecule has 20 heavy (non-hydrogen) atoms. The lowest BCUT2D eigenvalue weighted by atomic mass is 9.83. The minimum absolute atomic E-state index is 0.204. The number of halogens is 1. The van der Waals surface area contributed by atoms with Crippen molar-refractivity contribution >= 4 is 15.9 Å². The van der Waals surface area contributed by atoms with Crippen molar-refractivity contribution < 1.29 is 14.2 Å². The molecular formula is C16H23BrO3. The van der Waals surface area contributed by atoms with Gasteiger partial charge in [-0.2, -0.15) is 0 Å². The molecule has 1 fully saturated rings. The van der Waals surface area contributed by atoms with Gasteiger partial charge in [-0.25, -0.2) is 0 Å². The highest BCUT2D eigenvalue weighted by atomic mass is 79.9. The Morgan fingerprint density at radius 3 is 2.25 bits per heavy atom. The molecule has 3 nitrogen and oxygen atoms in total. The molecule has 112 valence electrons. The maximum Gasteiger partial charge on any atom is 0.119 e. The lowest BCUT2D eigenvalue weighted by Gasteiger charge is -2.35. The molecule has 4 heteroatoms. The Labute approximate surface area is 129 Å². The Morgan fingerprint density at radius 2 is 1.70 bits per heavy atom. The van der Waals surface area contributed by atoms with Crippen LogP contribution in [-0.2, 0) is 4.74 Å². The molecule has 0 amide bonds. The SMILES string of the molecule is CCCOc1ccc(OCC2(CBr)CCOCC2)cc1. The van der Waals surface area contributed by atoms with Crippen LogP contribution in [0.15, 0.2) is 24.3 Å². The van der Waals surface area contributed by atoms with E-state index in [9.17, 15) is 0 Å². The van der Waals surface area contributed by atoms with Crippen molar-refractivity contribution in [2.45, 2.75) is 26.2 Å². The van der Waals surface area contributed by atoms with Gasteiger partial charge in [0.1, 0.15) is 11.5 Å². The van der Waals surface area contributed by atoms with Crippen molar-refractivity contribution in [1.29, 1.82) is 0 Å². The number of hydrogen-bond donors (Lipinski definition) is 0. The number of hydrogen-bond acceptors (Lipinski definition) is 3. The second-order valence-electron chi connectivity index (χ2n) is 5.35. The van der Waals surface area contributed by atoms with Gasteiger partial charge in [-0.1, -0.05) is 22.9 Å². The fourth-order valence-electron chi connectivity index (χ4n) is 2.21. The van der Waals surface area contributed by atoms with E-state index in [4.69, 9.17) is 14.2 Å². The van der Waals surface area contributed by atoms with Gasteiger partial charge in [0.2, 0.25) is 0 Å². The van der Waals surface area contributed by atoms with Gasteiger partial charge in [-0.15, -0.1) is 0 Å². The molecule has 0 aromatic heterocycles. The Hall–Kier alpha value is -0.740. The Balaban J connectivity index is 1.86. The highest BCUT2D eigenvalue weighted by Gasteiger charge is 2.32. The molecule has 0 saturated carbocycles. The number of rotatable bonds is 7. The van der Waals surface area contributed by atoms with Crippen LogP contribution in [0.4, 0.5) is 0 Å². The van der Waals surface area contributed by atoms with Crippen molar-refractivity contribution in [3.05, 3.63) is 24.3 Å². The zero-order valence-corrected chi connectivity index (χ0v) is 13.7. The summed E-state index contributed by atoms with van der Waals surface area (Å²) in [6, 6.07) is 7.89. The van der Waals surface area contributed by atoms with Crippen LogP contribution in [0, 0.1) is 5.41 Å². The molecule has 0 bridgehead atoms. The van der Waals surface area contributed by atoms with Crippen molar-refractivity contribution in [3.8, 4) is 11.5 Å². The first kappa shape index (κ1) is 15.6. The average molecular weight is 343 g/mol. The van der Waals surface area contributed by atoms with Gasteiger partial charge in [0.25, 0.3) is 0 Å². The van der Waals surface area contributed by atoms with E-state index >= 15 is 0 Å². The molecule has 1 aliphatic rings. The van der Waals surface area contributed by atoms with Gasteiger partial charge in [0.05, 0.1) is 13.2 Å². The minimum Gasteiger partial charge on any atom is -0.494 e. The second-order valence-corrected chi connectivity index (χ2v) is 5.92. The third kappa shape index (κ3) is 4.38. The molecule has 1 aromatic rings. The van der Waals surface area contributed by atoms with E-state index < -0.39 is 0 Å². The van der Waals surface area contributed by atoms with E-state index in [-0.39, 0.29) is 5.41 Å². The molecule has 0 spiro atoms. The van der Waals surface area contributed by atoms with Gasteiger partial charge in [0.15, 0.2) is 0 Å². The van der Waals surface area contributed by atoms with Crippen molar-refractivity contribution in [1.82, 2.24) is 0 Å². The monoisotopic (exact) mass is 342 g/mol. The maximum absolute atomic E-state index is 5.96. The van der Waals surface area contributed by atoms with Crippen LogP contribution in [-0.4, -0.2) is 31.8 Å². The van der Waals surface area contributed by atoms with Crippen LogP contribution in [0.25, 0.3) is 0 Å². The summed E-state index contributed by atoms with van der Waals surface area (Å²) in [6.45, 7) is 5.26. The zero-order chi connectivity index (χ0) is 14.3. The number of ether oxygens (including phenoxy) is 3. The lowest BCUT2D eigenvalue weighted by molar-refractivity contribution is 0.00354. The Morgan fingerprint density at radius 1 is 1.10 bits per heavy atom. The van der Waals surface area contributed by atoms with Crippen LogP contribution in [0.5, 0.6) is 11.5 Å². The maximum atomic E-state index is 5.96. The van der Waals surface area contributed by atoms with Gasteiger partial charge < -0.3 is 14.2 Å². The smallest absolute Gasteiger partial charge is 0.119 e. The highest BCUT2D eigenvalue weighted by Crippen LogP contribution is 2.33. The molecule has 2 rings (SSSR count). The first-order valence-electron chi connectivity index (χ1n) is 7.27. The second kappa shape index (κ2) is 7.89. The third-order valence-corrected chi connectivity index (χ3v) is 4.87. The van der Waals surface area contributed by atoms with E-state index in [1.807, 2.05) is 24.3 Å². The number of benzene rings is 1. The summed E-state index contributed by atoms with van der Waals surface area (Å²) >= 11 is 3.63. The van der Waals surface area contributed by atoms with Crippen molar-refractivity contribution in [2.75, 3.05) is 31.8 Å². The Bertz CT molecular complexity index is 385. The van der Waals surface area contributed by atoms with Gasteiger partial charge >= 0.3 is 0 Å². The minimum atomic E-state index is 0.204. The first-order chi connectivity index (χ1) is 9.78. The number of alkyl halides is 1.